The maximum Gasteiger partial charge on any atom is 0.407 e. The van der Waals surface area contributed by atoms with Crippen molar-refractivity contribution in [2.45, 2.75) is 70.8 Å². The van der Waals surface area contributed by atoms with Gasteiger partial charge in [0.2, 0.25) is 0 Å². The summed E-state index contributed by atoms with van der Waals surface area (Å²) in [5.41, 5.74) is 0. The maximum atomic E-state index is 12.4. The molecule has 23 heavy (non-hydrogen) atoms. The van der Waals surface area contributed by atoms with Crippen LogP contribution in [0.1, 0.15) is 64.7 Å². The Bertz CT molecular complexity index is 364. The number of carbonyl (C=O) groups is 2. The van der Waals surface area contributed by atoms with Gasteiger partial charge in [-0.15, -0.1) is 6.58 Å². The number of rotatable bonds is 10. The van der Waals surface area contributed by atoms with Crippen LogP contribution in [0.25, 0.3) is 0 Å². The SMILES string of the molecule is C=CCCOC(=O)NC(C(=O)OCCCCC)C1CCCCC1. The lowest BCUT2D eigenvalue weighted by Crippen LogP contribution is -2.47. The Kier molecular flexibility index (Phi) is 10.2. The Balaban J connectivity index is 2.51. The van der Waals surface area contributed by atoms with Crippen LogP contribution in [0.3, 0.4) is 0 Å². The molecule has 1 unspecified atom stereocenters. The van der Waals surface area contributed by atoms with Crippen LogP contribution in [0.15, 0.2) is 12.7 Å². The van der Waals surface area contributed by atoms with E-state index in [1.165, 1.54) is 6.42 Å². The molecule has 1 saturated carbocycles. The molecule has 0 aromatic carbocycles. The first-order chi connectivity index (χ1) is 11.2. The summed E-state index contributed by atoms with van der Waals surface area (Å²) in [6.07, 6.45) is 10.0. The van der Waals surface area contributed by atoms with Crippen LogP contribution in [0.2, 0.25) is 0 Å². The molecule has 0 spiro atoms. The summed E-state index contributed by atoms with van der Waals surface area (Å²) in [5, 5.41) is 2.72. The lowest BCUT2D eigenvalue weighted by molar-refractivity contribution is -0.148. The summed E-state index contributed by atoms with van der Waals surface area (Å²) in [6, 6.07) is -0.590. The first-order valence-corrected chi connectivity index (χ1v) is 8.89. The zero-order valence-corrected chi connectivity index (χ0v) is 14.4. The number of esters is 1. The maximum absolute atomic E-state index is 12.4. The third-order valence-electron chi connectivity index (χ3n) is 4.20. The zero-order chi connectivity index (χ0) is 16.9. The van der Waals surface area contributed by atoms with Gasteiger partial charge in [-0.1, -0.05) is 45.1 Å². The minimum absolute atomic E-state index is 0.148. The van der Waals surface area contributed by atoms with E-state index < -0.39 is 12.1 Å². The van der Waals surface area contributed by atoms with Gasteiger partial charge in [0.1, 0.15) is 6.04 Å². The molecule has 0 heterocycles. The number of ether oxygens (including phenoxy) is 2. The van der Waals surface area contributed by atoms with E-state index in [1.807, 2.05) is 0 Å². The summed E-state index contributed by atoms with van der Waals surface area (Å²) in [7, 11) is 0. The zero-order valence-electron chi connectivity index (χ0n) is 14.4. The summed E-state index contributed by atoms with van der Waals surface area (Å²) in [6.45, 7) is 6.38. The molecule has 0 aromatic rings. The first kappa shape index (κ1) is 19.5. The summed E-state index contributed by atoms with van der Waals surface area (Å²) >= 11 is 0. The van der Waals surface area contributed by atoms with Gasteiger partial charge >= 0.3 is 12.1 Å². The van der Waals surface area contributed by atoms with Crippen molar-refractivity contribution in [3.8, 4) is 0 Å². The van der Waals surface area contributed by atoms with E-state index >= 15 is 0 Å². The Hall–Kier alpha value is -1.52. The summed E-state index contributed by atoms with van der Waals surface area (Å²) in [4.78, 5) is 24.2. The smallest absolute Gasteiger partial charge is 0.407 e. The molecule has 5 heteroatoms. The third kappa shape index (κ3) is 8.05. The molecule has 1 fully saturated rings. The van der Waals surface area contributed by atoms with Gasteiger partial charge in [0.15, 0.2) is 0 Å². The lowest BCUT2D eigenvalue weighted by Gasteiger charge is -2.29. The van der Waals surface area contributed by atoms with Gasteiger partial charge in [0.05, 0.1) is 13.2 Å². The van der Waals surface area contributed by atoms with Crippen molar-refractivity contribution in [2.24, 2.45) is 5.92 Å². The van der Waals surface area contributed by atoms with Gasteiger partial charge in [0, 0.05) is 0 Å². The molecule has 132 valence electrons. The summed E-state index contributed by atoms with van der Waals surface area (Å²) < 4.78 is 10.4. The molecule has 1 amide bonds. The van der Waals surface area contributed by atoms with Gasteiger partial charge in [-0.25, -0.2) is 9.59 Å². The van der Waals surface area contributed by atoms with Crippen molar-refractivity contribution in [3.05, 3.63) is 12.7 Å². The van der Waals surface area contributed by atoms with Crippen LogP contribution in [0.5, 0.6) is 0 Å². The van der Waals surface area contributed by atoms with E-state index in [-0.39, 0.29) is 18.5 Å². The van der Waals surface area contributed by atoms with Crippen LogP contribution in [-0.4, -0.2) is 31.3 Å². The summed E-state index contributed by atoms with van der Waals surface area (Å²) in [5.74, 6) is -0.178. The van der Waals surface area contributed by atoms with E-state index in [2.05, 4.69) is 18.8 Å². The fourth-order valence-electron chi connectivity index (χ4n) is 2.85. The van der Waals surface area contributed by atoms with Crippen molar-refractivity contribution in [2.75, 3.05) is 13.2 Å². The molecule has 1 aliphatic carbocycles. The van der Waals surface area contributed by atoms with Gasteiger partial charge in [-0.2, -0.15) is 0 Å². The van der Waals surface area contributed by atoms with E-state index in [9.17, 15) is 9.59 Å². The highest BCUT2D eigenvalue weighted by atomic mass is 16.6. The molecule has 1 N–H and O–H groups in total. The fraction of sp³-hybridized carbons (Fsp3) is 0.778. The highest BCUT2D eigenvalue weighted by molar-refractivity contribution is 5.81. The van der Waals surface area contributed by atoms with Crippen LogP contribution in [0.4, 0.5) is 4.79 Å². The predicted molar refractivity (Wildman–Crippen MR) is 90.1 cm³/mol. The van der Waals surface area contributed by atoms with Crippen molar-refractivity contribution >= 4 is 12.1 Å². The molecule has 1 atom stereocenters. The average Bonchev–Trinajstić information content (AvgIpc) is 2.57. The minimum atomic E-state index is -0.590. The molecule has 0 radical (unpaired) electrons. The number of alkyl carbamates (subject to hydrolysis) is 1. The molecule has 1 rings (SSSR count). The molecule has 5 nitrogen and oxygen atoms in total. The monoisotopic (exact) mass is 325 g/mol. The second-order valence-electron chi connectivity index (χ2n) is 6.11. The van der Waals surface area contributed by atoms with Gasteiger partial charge < -0.3 is 14.8 Å². The van der Waals surface area contributed by atoms with Crippen molar-refractivity contribution in [1.82, 2.24) is 5.32 Å². The Morgan fingerprint density at radius 1 is 1.17 bits per heavy atom. The second kappa shape index (κ2) is 12.0. The highest BCUT2D eigenvalue weighted by Crippen LogP contribution is 2.27. The van der Waals surface area contributed by atoms with Gasteiger partial charge in [0.25, 0.3) is 0 Å². The van der Waals surface area contributed by atoms with Crippen LogP contribution < -0.4 is 5.32 Å². The van der Waals surface area contributed by atoms with E-state index in [0.717, 1.165) is 44.9 Å². The lowest BCUT2D eigenvalue weighted by atomic mass is 9.84. The Labute approximate surface area is 139 Å². The molecule has 0 bridgehead atoms. The van der Waals surface area contributed by atoms with Crippen LogP contribution in [-0.2, 0) is 14.3 Å². The van der Waals surface area contributed by atoms with E-state index in [4.69, 9.17) is 9.47 Å². The second-order valence-corrected chi connectivity index (χ2v) is 6.11. The highest BCUT2D eigenvalue weighted by Gasteiger charge is 2.32. The molecular formula is C18H31NO4. The standard InChI is InChI=1S/C18H31NO4/c1-3-5-10-14-22-17(20)16(15-11-8-7-9-12-15)19-18(21)23-13-6-4-2/h4,15-16H,2-3,5-14H2,1H3,(H,19,21). The quantitative estimate of drug-likeness (QED) is 0.375. The Morgan fingerprint density at radius 3 is 2.57 bits per heavy atom. The molecule has 0 aliphatic heterocycles. The number of hydrogen-bond acceptors (Lipinski definition) is 4. The first-order valence-electron chi connectivity index (χ1n) is 8.89. The molecule has 0 aromatic heterocycles. The number of carbonyl (C=O) groups excluding carboxylic acids is 2. The number of amides is 1. The van der Waals surface area contributed by atoms with Crippen LogP contribution in [0, 0.1) is 5.92 Å². The third-order valence-corrected chi connectivity index (χ3v) is 4.20. The van der Waals surface area contributed by atoms with Crippen molar-refractivity contribution < 1.29 is 19.1 Å². The molecular weight excluding hydrogens is 294 g/mol. The van der Waals surface area contributed by atoms with Crippen molar-refractivity contribution in [3.63, 3.8) is 0 Å². The largest absolute Gasteiger partial charge is 0.464 e. The Morgan fingerprint density at radius 2 is 1.91 bits per heavy atom. The van der Waals surface area contributed by atoms with E-state index in [1.54, 1.807) is 6.08 Å². The fourth-order valence-corrected chi connectivity index (χ4v) is 2.85. The average molecular weight is 325 g/mol. The minimum Gasteiger partial charge on any atom is -0.464 e. The van der Waals surface area contributed by atoms with Crippen molar-refractivity contribution in [1.29, 1.82) is 0 Å². The number of unbranched alkanes of at least 4 members (excludes halogenated alkanes) is 2. The van der Waals surface area contributed by atoms with Gasteiger partial charge in [-0.05, 0) is 31.6 Å². The number of nitrogens with one attached hydrogen (secondary N) is 1. The van der Waals surface area contributed by atoms with Crippen LogP contribution >= 0.6 is 0 Å². The molecule has 0 saturated heterocycles. The predicted octanol–water partition coefficient (Wildman–Crippen LogP) is 3.97. The number of hydrogen-bond donors (Lipinski definition) is 1. The molecule has 1 aliphatic rings. The van der Waals surface area contributed by atoms with Gasteiger partial charge in [-0.3, -0.25) is 0 Å². The van der Waals surface area contributed by atoms with E-state index in [0.29, 0.717) is 13.0 Å². The topological polar surface area (TPSA) is 64.6 Å². The normalized spacial score (nSPS) is 16.4.